The van der Waals surface area contributed by atoms with Crippen molar-refractivity contribution < 1.29 is 23.1 Å². The highest BCUT2D eigenvalue weighted by Gasteiger charge is 2.39. The summed E-state index contributed by atoms with van der Waals surface area (Å²) < 4.78 is 29.8. The first kappa shape index (κ1) is 20.4. The first-order chi connectivity index (χ1) is 9.55. The second kappa shape index (κ2) is 8.76. The molecule has 0 fully saturated rings. The number of rotatable bonds is 8. The zero-order valence-electron chi connectivity index (χ0n) is 14.3. The fraction of sp³-hybridized carbons (Fsp3) is 0.929. The Labute approximate surface area is 128 Å². The van der Waals surface area contributed by atoms with Gasteiger partial charge in [0.25, 0.3) is 0 Å². The summed E-state index contributed by atoms with van der Waals surface area (Å²) in [4.78, 5) is 12.3. The molecule has 0 spiro atoms. The quantitative estimate of drug-likeness (QED) is 0.617. The maximum absolute atomic E-state index is 12.8. The van der Waals surface area contributed by atoms with Crippen molar-refractivity contribution >= 4 is 13.8 Å². The number of nitrogens with zero attached hydrogens (tertiary/aromatic N) is 1. The van der Waals surface area contributed by atoms with E-state index in [1.807, 2.05) is 13.8 Å². The normalized spacial score (nSPS) is 12.6. The van der Waals surface area contributed by atoms with Crippen LogP contribution < -0.4 is 0 Å². The van der Waals surface area contributed by atoms with Crippen molar-refractivity contribution in [3.8, 4) is 0 Å². The van der Waals surface area contributed by atoms with Crippen LogP contribution >= 0.6 is 7.75 Å². The van der Waals surface area contributed by atoms with Crippen molar-refractivity contribution in [2.75, 3.05) is 19.8 Å². The van der Waals surface area contributed by atoms with Gasteiger partial charge in [0.1, 0.15) is 5.60 Å². The smallest absolute Gasteiger partial charge is 0.440 e. The van der Waals surface area contributed by atoms with E-state index in [9.17, 15) is 9.36 Å². The van der Waals surface area contributed by atoms with E-state index in [-0.39, 0.29) is 19.8 Å². The lowest BCUT2D eigenvalue weighted by Gasteiger charge is -2.32. The summed E-state index contributed by atoms with van der Waals surface area (Å²) in [5.74, 6) is 0.353. The van der Waals surface area contributed by atoms with Crippen LogP contribution in [-0.2, 0) is 18.3 Å². The van der Waals surface area contributed by atoms with Crippen LogP contribution in [0.1, 0.15) is 54.9 Å². The molecule has 0 unspecified atom stereocenters. The van der Waals surface area contributed by atoms with Gasteiger partial charge >= 0.3 is 13.8 Å². The van der Waals surface area contributed by atoms with Crippen molar-refractivity contribution in [2.45, 2.75) is 60.5 Å². The highest BCUT2D eigenvalue weighted by atomic mass is 31.2. The topological polar surface area (TPSA) is 65.1 Å². The largest absolute Gasteiger partial charge is 0.443 e. The number of carbonyl (C=O) groups is 1. The minimum atomic E-state index is -3.67. The van der Waals surface area contributed by atoms with E-state index in [1.54, 1.807) is 34.6 Å². The second-order valence-corrected chi connectivity index (χ2v) is 8.03. The molecule has 0 N–H and O–H groups in total. The maximum atomic E-state index is 12.8. The predicted molar refractivity (Wildman–Crippen MR) is 83.3 cm³/mol. The third-order valence-electron chi connectivity index (χ3n) is 2.40. The summed E-state index contributed by atoms with van der Waals surface area (Å²) in [7, 11) is -3.67. The minimum Gasteiger partial charge on any atom is -0.443 e. The van der Waals surface area contributed by atoms with Crippen molar-refractivity contribution in [3.63, 3.8) is 0 Å². The van der Waals surface area contributed by atoms with Crippen LogP contribution in [0.15, 0.2) is 0 Å². The SMILES string of the molecule is CCOP(=O)(OCC)N(CCC(C)C)C(=O)OC(C)(C)C. The van der Waals surface area contributed by atoms with Crippen LogP contribution in [0.25, 0.3) is 0 Å². The first-order valence-electron chi connectivity index (χ1n) is 7.45. The minimum absolute atomic E-state index is 0.193. The molecule has 7 heteroatoms. The van der Waals surface area contributed by atoms with E-state index in [4.69, 9.17) is 13.8 Å². The number of amides is 1. The molecule has 6 nitrogen and oxygen atoms in total. The molecule has 0 aromatic rings. The average Bonchev–Trinajstić information content (AvgIpc) is 2.26. The molecule has 0 aliphatic rings. The average molecular weight is 323 g/mol. The van der Waals surface area contributed by atoms with E-state index in [2.05, 4.69) is 0 Å². The van der Waals surface area contributed by atoms with Gasteiger partial charge in [0.15, 0.2) is 0 Å². The number of hydrogen-bond acceptors (Lipinski definition) is 5. The van der Waals surface area contributed by atoms with E-state index >= 15 is 0 Å². The zero-order valence-corrected chi connectivity index (χ0v) is 15.2. The number of carbonyl (C=O) groups excluding carboxylic acids is 1. The Morgan fingerprint density at radius 1 is 1.14 bits per heavy atom. The molecule has 0 bridgehead atoms. The number of ether oxygens (including phenoxy) is 1. The van der Waals surface area contributed by atoms with Gasteiger partial charge in [-0.25, -0.2) is 14.0 Å². The first-order valence-corrected chi connectivity index (χ1v) is 8.95. The summed E-state index contributed by atoms with van der Waals surface area (Å²) in [6.07, 6.45) is 0.0111. The second-order valence-electron chi connectivity index (χ2n) is 6.09. The monoisotopic (exact) mass is 323 g/mol. The van der Waals surface area contributed by atoms with Gasteiger partial charge in [-0.1, -0.05) is 13.8 Å². The summed E-state index contributed by atoms with van der Waals surface area (Å²) in [6, 6.07) is 0. The third kappa shape index (κ3) is 7.84. The van der Waals surface area contributed by atoms with Crippen LogP contribution in [-0.4, -0.2) is 36.1 Å². The van der Waals surface area contributed by atoms with Gasteiger partial charge in [-0.15, -0.1) is 0 Å². The van der Waals surface area contributed by atoms with Crippen LogP contribution in [0.4, 0.5) is 4.79 Å². The Balaban J connectivity index is 5.26. The molecule has 126 valence electrons. The highest BCUT2D eigenvalue weighted by Crippen LogP contribution is 2.52. The third-order valence-corrected chi connectivity index (χ3v) is 4.53. The molecule has 0 radical (unpaired) electrons. The Morgan fingerprint density at radius 2 is 1.62 bits per heavy atom. The van der Waals surface area contributed by atoms with Gasteiger partial charge in [-0.3, -0.25) is 9.05 Å². The Morgan fingerprint density at radius 3 is 1.95 bits per heavy atom. The van der Waals surface area contributed by atoms with Gasteiger partial charge < -0.3 is 4.74 Å². The van der Waals surface area contributed by atoms with Crippen molar-refractivity contribution in [1.29, 1.82) is 0 Å². The molecule has 0 rings (SSSR count). The zero-order chi connectivity index (χ0) is 16.7. The highest BCUT2D eigenvalue weighted by molar-refractivity contribution is 7.52. The fourth-order valence-corrected chi connectivity index (χ4v) is 3.12. The summed E-state index contributed by atoms with van der Waals surface area (Å²) in [6.45, 7) is 13.4. The molecular formula is C14H30NO5P. The molecule has 0 saturated heterocycles. The van der Waals surface area contributed by atoms with Gasteiger partial charge in [-0.2, -0.15) is 0 Å². The van der Waals surface area contributed by atoms with Crippen LogP contribution in [0.5, 0.6) is 0 Å². The molecule has 0 aromatic carbocycles. The molecule has 21 heavy (non-hydrogen) atoms. The predicted octanol–water partition coefficient (Wildman–Crippen LogP) is 4.45. The molecule has 0 heterocycles. The number of hydrogen-bond donors (Lipinski definition) is 0. The van der Waals surface area contributed by atoms with Gasteiger partial charge in [0, 0.05) is 6.54 Å². The molecule has 0 aliphatic carbocycles. The lowest BCUT2D eigenvalue weighted by atomic mass is 10.1. The van der Waals surface area contributed by atoms with Gasteiger partial charge in [0.2, 0.25) is 0 Å². The molecule has 0 aromatic heterocycles. The van der Waals surface area contributed by atoms with Gasteiger partial charge in [-0.05, 0) is 47.0 Å². The Bertz CT molecular complexity index is 355. The van der Waals surface area contributed by atoms with E-state index in [1.165, 1.54) is 0 Å². The molecule has 1 amide bonds. The van der Waals surface area contributed by atoms with E-state index in [0.29, 0.717) is 12.3 Å². The van der Waals surface area contributed by atoms with E-state index < -0.39 is 19.4 Å². The van der Waals surface area contributed by atoms with Gasteiger partial charge in [0.05, 0.1) is 13.2 Å². The van der Waals surface area contributed by atoms with Crippen molar-refractivity contribution in [3.05, 3.63) is 0 Å². The van der Waals surface area contributed by atoms with Crippen LogP contribution in [0.3, 0.4) is 0 Å². The standard InChI is InChI=1S/C14H30NO5P/c1-8-18-21(17,19-9-2)15(11-10-12(3)4)13(16)20-14(5,6)7/h12H,8-11H2,1-7H3. The molecule has 0 atom stereocenters. The van der Waals surface area contributed by atoms with Crippen LogP contribution in [0.2, 0.25) is 0 Å². The molecule has 0 aliphatic heterocycles. The van der Waals surface area contributed by atoms with Crippen molar-refractivity contribution in [2.24, 2.45) is 5.92 Å². The van der Waals surface area contributed by atoms with Crippen LogP contribution in [0, 0.1) is 5.92 Å². The Kier molecular flexibility index (Phi) is 8.52. The summed E-state index contributed by atoms with van der Waals surface area (Å²) in [5, 5.41) is 0. The lowest BCUT2D eigenvalue weighted by molar-refractivity contribution is 0.0313. The lowest BCUT2D eigenvalue weighted by Crippen LogP contribution is -2.36. The maximum Gasteiger partial charge on any atom is 0.440 e. The Hall–Kier alpha value is -0.580. The molecular weight excluding hydrogens is 293 g/mol. The fourth-order valence-electron chi connectivity index (χ4n) is 1.51. The van der Waals surface area contributed by atoms with E-state index in [0.717, 1.165) is 4.67 Å². The summed E-state index contributed by atoms with van der Waals surface area (Å²) >= 11 is 0. The molecule has 0 saturated carbocycles. The summed E-state index contributed by atoms with van der Waals surface area (Å²) in [5.41, 5.74) is -0.670. The van der Waals surface area contributed by atoms with Crippen molar-refractivity contribution in [1.82, 2.24) is 4.67 Å².